The number of thiophene rings is 1. The Morgan fingerprint density at radius 2 is 2.07 bits per heavy atom. The second-order valence-corrected chi connectivity index (χ2v) is 8.62. The van der Waals surface area contributed by atoms with Crippen molar-refractivity contribution in [2.75, 3.05) is 12.0 Å². The molecule has 0 saturated heterocycles. The Balaban J connectivity index is 2.96. The van der Waals surface area contributed by atoms with Crippen LogP contribution < -0.4 is 0 Å². The molecule has 0 N–H and O–H groups in total. The summed E-state index contributed by atoms with van der Waals surface area (Å²) in [5.41, 5.74) is 0.410. The van der Waals surface area contributed by atoms with Crippen LogP contribution in [-0.4, -0.2) is 26.2 Å². The van der Waals surface area contributed by atoms with E-state index in [9.17, 15) is 13.2 Å². The maximum Gasteiger partial charge on any atom is 0.179 e. The maximum absolute atomic E-state index is 11.5. The average molecular weight is 362 g/mol. The fourth-order valence-electron chi connectivity index (χ4n) is 0.846. The number of sulfone groups is 1. The lowest BCUT2D eigenvalue weighted by Crippen LogP contribution is -2.14. The largest absolute Gasteiger partial charge is 0.293 e. The molecule has 1 heterocycles. The molecule has 0 saturated carbocycles. The zero-order valence-electron chi connectivity index (χ0n) is 7.08. The number of carbonyl (C=O) groups is 1. The first-order valence-corrected chi connectivity index (χ1v) is 7.91. The molecule has 0 bridgehead atoms. The van der Waals surface area contributed by atoms with Crippen molar-refractivity contribution in [2.45, 2.75) is 0 Å². The number of hydrogen-bond acceptors (Lipinski definition) is 4. The van der Waals surface area contributed by atoms with Crippen LogP contribution >= 0.6 is 43.2 Å². The molecule has 1 aromatic rings. The molecule has 0 spiro atoms. The van der Waals surface area contributed by atoms with Crippen molar-refractivity contribution in [1.29, 1.82) is 0 Å². The first-order valence-electron chi connectivity index (χ1n) is 3.45. The average Bonchev–Trinajstić information content (AvgIpc) is 2.26. The molecular weight excluding hydrogens is 356 g/mol. The summed E-state index contributed by atoms with van der Waals surface area (Å²) in [5.74, 6) is -0.837. The van der Waals surface area contributed by atoms with Crippen molar-refractivity contribution in [1.82, 2.24) is 0 Å². The fraction of sp³-hybridized carbons (Fsp3) is 0.286. The highest BCUT2D eigenvalue weighted by Gasteiger charge is 2.17. The van der Waals surface area contributed by atoms with Gasteiger partial charge in [-0.05, 0) is 37.9 Å². The number of Topliss-reactive ketones (excluding diaryl/α,β-unsaturated/α-hetero) is 1. The number of hydrogen-bond donors (Lipinski definition) is 0. The van der Waals surface area contributed by atoms with Crippen LogP contribution in [0.4, 0.5) is 0 Å². The van der Waals surface area contributed by atoms with E-state index in [0.29, 0.717) is 9.35 Å². The summed E-state index contributed by atoms with van der Waals surface area (Å²) in [6.45, 7) is 0. The molecule has 3 nitrogen and oxygen atoms in total. The van der Waals surface area contributed by atoms with Gasteiger partial charge in [-0.15, -0.1) is 11.3 Å². The minimum Gasteiger partial charge on any atom is -0.293 e. The van der Waals surface area contributed by atoms with E-state index in [-0.39, 0.29) is 5.78 Å². The highest BCUT2D eigenvalue weighted by molar-refractivity contribution is 9.12. The number of rotatable bonds is 3. The van der Waals surface area contributed by atoms with E-state index in [0.717, 1.165) is 10.0 Å². The monoisotopic (exact) mass is 360 g/mol. The van der Waals surface area contributed by atoms with Gasteiger partial charge < -0.3 is 0 Å². The van der Waals surface area contributed by atoms with Gasteiger partial charge in [0.15, 0.2) is 15.6 Å². The van der Waals surface area contributed by atoms with E-state index in [2.05, 4.69) is 31.9 Å². The van der Waals surface area contributed by atoms with E-state index in [1.165, 1.54) is 11.3 Å². The lowest BCUT2D eigenvalue weighted by molar-refractivity contribution is 0.102. The SMILES string of the molecule is CS(=O)(=O)CC(=O)c1cc(Br)sc1Br. The zero-order valence-corrected chi connectivity index (χ0v) is 11.9. The summed E-state index contributed by atoms with van der Waals surface area (Å²) in [6, 6.07) is 1.61. The van der Waals surface area contributed by atoms with Crippen molar-refractivity contribution in [3.63, 3.8) is 0 Å². The lowest BCUT2D eigenvalue weighted by Gasteiger charge is -1.96. The van der Waals surface area contributed by atoms with Crippen molar-refractivity contribution in [3.8, 4) is 0 Å². The Morgan fingerprint density at radius 3 is 2.43 bits per heavy atom. The standard InChI is InChI=1S/C7H6Br2O3S2/c1-14(11,12)3-5(10)4-2-6(8)13-7(4)9/h2H,3H2,1H3. The van der Waals surface area contributed by atoms with Gasteiger partial charge in [0.25, 0.3) is 0 Å². The van der Waals surface area contributed by atoms with E-state index in [1.807, 2.05) is 0 Å². The molecule has 0 amide bonds. The predicted octanol–water partition coefficient (Wildman–Crippen LogP) is 2.50. The molecule has 0 atom stereocenters. The smallest absolute Gasteiger partial charge is 0.179 e. The van der Waals surface area contributed by atoms with Gasteiger partial charge in [-0.1, -0.05) is 0 Å². The highest BCUT2D eigenvalue weighted by Crippen LogP contribution is 2.32. The molecule has 1 rings (SSSR count). The number of carbonyl (C=O) groups excluding carboxylic acids is 1. The quantitative estimate of drug-likeness (QED) is 0.777. The molecule has 0 fully saturated rings. The van der Waals surface area contributed by atoms with E-state index >= 15 is 0 Å². The Labute approximate surface area is 103 Å². The third kappa shape index (κ3) is 3.45. The van der Waals surface area contributed by atoms with Crippen molar-refractivity contribution in [2.24, 2.45) is 0 Å². The summed E-state index contributed by atoms with van der Waals surface area (Å²) < 4.78 is 23.2. The summed E-state index contributed by atoms with van der Waals surface area (Å²) in [4.78, 5) is 11.5. The predicted molar refractivity (Wildman–Crippen MR) is 63.8 cm³/mol. The fourth-order valence-corrected chi connectivity index (χ4v) is 4.33. The van der Waals surface area contributed by atoms with Crippen LogP contribution in [0.25, 0.3) is 0 Å². The lowest BCUT2D eigenvalue weighted by atomic mass is 10.2. The molecule has 7 heteroatoms. The Hall–Kier alpha value is 0.280. The minimum absolute atomic E-state index is 0.388. The molecule has 78 valence electrons. The Kier molecular flexibility index (Phi) is 3.90. The van der Waals surface area contributed by atoms with Crippen molar-refractivity contribution in [3.05, 3.63) is 19.2 Å². The summed E-state index contributed by atoms with van der Waals surface area (Å²) >= 11 is 7.76. The summed E-state index contributed by atoms with van der Waals surface area (Å²) in [7, 11) is -3.26. The van der Waals surface area contributed by atoms with Crippen LogP contribution in [0, 0.1) is 0 Å². The van der Waals surface area contributed by atoms with Gasteiger partial charge in [0.1, 0.15) is 5.75 Å². The molecule has 0 unspecified atom stereocenters. The van der Waals surface area contributed by atoms with Crippen molar-refractivity contribution < 1.29 is 13.2 Å². The van der Waals surface area contributed by atoms with E-state index < -0.39 is 15.6 Å². The topological polar surface area (TPSA) is 51.2 Å². The van der Waals surface area contributed by atoms with E-state index in [1.54, 1.807) is 6.07 Å². The molecule has 0 aliphatic carbocycles. The summed E-state index contributed by atoms with van der Waals surface area (Å²) in [5, 5.41) is 0. The van der Waals surface area contributed by atoms with Gasteiger partial charge in [-0.2, -0.15) is 0 Å². The molecule has 0 aliphatic rings. The second kappa shape index (κ2) is 4.42. The van der Waals surface area contributed by atoms with Crippen LogP contribution in [0.5, 0.6) is 0 Å². The number of halogens is 2. The third-order valence-electron chi connectivity index (χ3n) is 1.35. The maximum atomic E-state index is 11.5. The Bertz CT molecular complexity index is 461. The first kappa shape index (κ1) is 12.4. The van der Waals surface area contributed by atoms with Gasteiger partial charge >= 0.3 is 0 Å². The zero-order chi connectivity index (χ0) is 10.9. The number of ketones is 1. The van der Waals surface area contributed by atoms with Crippen LogP contribution in [0.2, 0.25) is 0 Å². The van der Waals surface area contributed by atoms with Crippen LogP contribution in [-0.2, 0) is 9.84 Å². The van der Waals surface area contributed by atoms with Crippen molar-refractivity contribution >= 4 is 58.8 Å². The molecular formula is C7H6Br2O3S2. The normalized spacial score (nSPS) is 11.6. The summed E-state index contributed by atoms with van der Waals surface area (Å²) in [6.07, 6.45) is 1.04. The minimum atomic E-state index is -3.26. The molecule has 14 heavy (non-hydrogen) atoms. The molecule has 0 aliphatic heterocycles. The molecule has 1 aromatic heterocycles. The van der Waals surface area contributed by atoms with Gasteiger partial charge in [0, 0.05) is 11.8 Å². The van der Waals surface area contributed by atoms with Crippen LogP contribution in [0.15, 0.2) is 13.6 Å². The van der Waals surface area contributed by atoms with Crippen LogP contribution in [0.3, 0.4) is 0 Å². The molecule has 0 aromatic carbocycles. The van der Waals surface area contributed by atoms with E-state index in [4.69, 9.17) is 0 Å². The van der Waals surface area contributed by atoms with Gasteiger partial charge in [-0.25, -0.2) is 8.42 Å². The van der Waals surface area contributed by atoms with Gasteiger partial charge in [0.2, 0.25) is 0 Å². The van der Waals surface area contributed by atoms with Gasteiger partial charge in [-0.3, -0.25) is 4.79 Å². The highest BCUT2D eigenvalue weighted by atomic mass is 79.9. The first-order chi connectivity index (χ1) is 6.29. The molecule has 0 radical (unpaired) electrons. The Morgan fingerprint density at radius 1 is 1.50 bits per heavy atom. The van der Waals surface area contributed by atoms with Gasteiger partial charge in [0.05, 0.1) is 7.57 Å². The third-order valence-corrected chi connectivity index (χ3v) is 4.48. The second-order valence-electron chi connectivity index (χ2n) is 2.73. The van der Waals surface area contributed by atoms with Crippen LogP contribution in [0.1, 0.15) is 10.4 Å².